The smallest absolute Gasteiger partial charge is 0.408 e. The van der Waals surface area contributed by atoms with E-state index < -0.39 is 55.5 Å². The molecule has 0 aromatic rings. The van der Waals surface area contributed by atoms with Crippen molar-refractivity contribution in [3.05, 3.63) is 0 Å². The third-order valence-corrected chi connectivity index (χ3v) is 6.43. The molecule has 11 heteroatoms. The van der Waals surface area contributed by atoms with E-state index in [4.69, 9.17) is 9.57 Å². The minimum atomic E-state index is -1.79. The van der Waals surface area contributed by atoms with Gasteiger partial charge in [-0.25, -0.2) is 9.59 Å². The highest BCUT2D eigenvalue weighted by molar-refractivity contribution is 6.76. The maximum Gasteiger partial charge on any atom is 0.408 e. The Hall–Kier alpha value is -2.43. The molecule has 0 radical (unpaired) electrons. The molecule has 0 saturated carbocycles. The number of imide groups is 1. The van der Waals surface area contributed by atoms with Gasteiger partial charge in [0.25, 0.3) is 11.8 Å². The molecule has 0 aromatic carbocycles. The zero-order valence-electron chi connectivity index (χ0n) is 19.1. The van der Waals surface area contributed by atoms with Crippen molar-refractivity contribution in [2.45, 2.75) is 89.8 Å². The van der Waals surface area contributed by atoms with Crippen LogP contribution in [0.4, 0.5) is 4.79 Å². The molecular formula is C20H33N3O7Si. The van der Waals surface area contributed by atoms with Crippen LogP contribution in [0.5, 0.6) is 0 Å². The van der Waals surface area contributed by atoms with Crippen molar-refractivity contribution in [3.8, 4) is 0 Å². The minimum absolute atomic E-state index is 0.00246. The largest absolute Gasteiger partial charge is 0.444 e. The Morgan fingerprint density at radius 1 is 1.13 bits per heavy atom. The van der Waals surface area contributed by atoms with Crippen molar-refractivity contribution >= 4 is 37.9 Å². The van der Waals surface area contributed by atoms with E-state index >= 15 is 0 Å². The van der Waals surface area contributed by atoms with E-state index in [0.717, 1.165) is 0 Å². The topological polar surface area (TPSA) is 122 Å². The number of amides is 4. The number of hydrogen-bond acceptors (Lipinski definition) is 7. The highest BCUT2D eigenvalue weighted by Gasteiger charge is 2.42. The van der Waals surface area contributed by atoms with Gasteiger partial charge in [-0.05, 0) is 39.7 Å². The molecule has 2 heterocycles. The lowest BCUT2D eigenvalue weighted by Crippen LogP contribution is -2.55. The van der Waals surface area contributed by atoms with Gasteiger partial charge < -0.3 is 19.8 Å². The molecule has 2 fully saturated rings. The highest BCUT2D eigenvalue weighted by atomic mass is 28.3. The van der Waals surface area contributed by atoms with Crippen LogP contribution in [0.2, 0.25) is 25.7 Å². The number of hydroxylamine groups is 2. The lowest BCUT2D eigenvalue weighted by atomic mass is 10.2. The van der Waals surface area contributed by atoms with Crippen LogP contribution >= 0.6 is 0 Å². The summed E-state index contributed by atoms with van der Waals surface area (Å²) in [6.45, 7) is 11.7. The Labute approximate surface area is 183 Å². The Morgan fingerprint density at radius 3 is 2.23 bits per heavy atom. The molecule has 4 amide bonds. The predicted octanol–water partition coefficient (Wildman–Crippen LogP) is 1.82. The molecule has 2 aliphatic rings. The Morgan fingerprint density at radius 2 is 1.71 bits per heavy atom. The summed E-state index contributed by atoms with van der Waals surface area (Å²) < 4.78 is 5.30. The molecule has 10 nitrogen and oxygen atoms in total. The molecule has 0 unspecified atom stereocenters. The number of ether oxygens (including phenoxy) is 1. The molecule has 0 spiro atoms. The summed E-state index contributed by atoms with van der Waals surface area (Å²) >= 11 is 0. The summed E-state index contributed by atoms with van der Waals surface area (Å²) in [5.41, 5.74) is -0.717. The number of carbonyl (C=O) groups is 5. The first-order valence-electron chi connectivity index (χ1n) is 10.6. The van der Waals surface area contributed by atoms with Crippen LogP contribution in [0, 0.1) is 0 Å². The second-order valence-electron chi connectivity index (χ2n) is 10.1. The van der Waals surface area contributed by atoms with Gasteiger partial charge in [-0.15, -0.1) is 5.06 Å². The van der Waals surface area contributed by atoms with E-state index in [9.17, 15) is 24.0 Å². The number of hydrogen-bond donors (Lipinski definition) is 1. The zero-order chi connectivity index (χ0) is 23.6. The van der Waals surface area contributed by atoms with Gasteiger partial charge >= 0.3 is 12.1 Å². The Bertz CT molecular complexity index is 741. The number of likely N-dealkylation sites (tertiary alicyclic amines) is 1. The van der Waals surface area contributed by atoms with Crippen LogP contribution in [-0.4, -0.2) is 72.1 Å². The summed E-state index contributed by atoms with van der Waals surface area (Å²) in [4.78, 5) is 68.2. The number of nitrogens with zero attached hydrogens (tertiary/aromatic N) is 2. The van der Waals surface area contributed by atoms with Gasteiger partial charge in [-0.1, -0.05) is 19.6 Å². The summed E-state index contributed by atoms with van der Waals surface area (Å²) in [5, 5.41) is 3.15. The number of nitrogens with one attached hydrogen (secondary N) is 1. The number of rotatable bonds is 6. The summed E-state index contributed by atoms with van der Waals surface area (Å²) in [6.07, 6.45) is 0.220. The highest BCUT2D eigenvalue weighted by Crippen LogP contribution is 2.24. The SMILES string of the molecule is CC(C)(C)OC(=O)N[C@H](C[Si](C)(C)C)C(=O)N1CCC[C@H]1C(=O)ON1C(=O)CCC1=O. The van der Waals surface area contributed by atoms with Crippen molar-refractivity contribution in [1.82, 2.24) is 15.3 Å². The molecule has 0 bridgehead atoms. The lowest BCUT2D eigenvalue weighted by Gasteiger charge is -2.31. The normalized spacial score (nSPS) is 20.6. The van der Waals surface area contributed by atoms with Gasteiger partial charge in [0.1, 0.15) is 17.7 Å². The fourth-order valence-electron chi connectivity index (χ4n) is 3.55. The molecule has 1 N–H and O–H groups in total. The van der Waals surface area contributed by atoms with E-state index in [-0.39, 0.29) is 12.8 Å². The van der Waals surface area contributed by atoms with Gasteiger partial charge in [-0.2, -0.15) is 0 Å². The number of alkyl carbamates (subject to hydrolysis) is 1. The van der Waals surface area contributed by atoms with E-state index in [2.05, 4.69) is 25.0 Å². The molecule has 2 atom stereocenters. The van der Waals surface area contributed by atoms with Crippen LogP contribution in [0.25, 0.3) is 0 Å². The van der Waals surface area contributed by atoms with Gasteiger partial charge in [-0.3, -0.25) is 14.4 Å². The monoisotopic (exact) mass is 455 g/mol. The average molecular weight is 456 g/mol. The predicted molar refractivity (Wildman–Crippen MR) is 113 cm³/mol. The van der Waals surface area contributed by atoms with Gasteiger partial charge in [0.2, 0.25) is 5.91 Å². The molecule has 2 saturated heterocycles. The van der Waals surface area contributed by atoms with Crippen molar-refractivity contribution < 1.29 is 33.5 Å². The summed E-state index contributed by atoms with van der Waals surface area (Å²) in [5.74, 6) is -2.36. The zero-order valence-corrected chi connectivity index (χ0v) is 20.1. The quantitative estimate of drug-likeness (QED) is 0.479. The fraction of sp³-hybridized carbons (Fsp3) is 0.750. The maximum atomic E-state index is 13.3. The van der Waals surface area contributed by atoms with Crippen LogP contribution in [0.1, 0.15) is 46.5 Å². The maximum absolute atomic E-state index is 13.3. The van der Waals surface area contributed by atoms with Crippen molar-refractivity contribution in [2.75, 3.05) is 6.54 Å². The van der Waals surface area contributed by atoms with Gasteiger partial charge in [0.05, 0.1) is 0 Å². The summed E-state index contributed by atoms with van der Waals surface area (Å²) in [7, 11) is -1.79. The third kappa shape index (κ3) is 7.05. The van der Waals surface area contributed by atoms with E-state index in [1.807, 2.05) is 0 Å². The minimum Gasteiger partial charge on any atom is -0.444 e. The second kappa shape index (κ2) is 9.37. The van der Waals surface area contributed by atoms with E-state index in [1.54, 1.807) is 20.8 Å². The molecule has 2 rings (SSSR count). The van der Waals surface area contributed by atoms with Crippen LogP contribution < -0.4 is 5.32 Å². The molecule has 2 aliphatic heterocycles. The molecule has 174 valence electrons. The van der Waals surface area contributed by atoms with Crippen LogP contribution in [-0.2, 0) is 28.8 Å². The van der Waals surface area contributed by atoms with E-state index in [0.29, 0.717) is 30.5 Å². The fourth-order valence-corrected chi connectivity index (χ4v) is 5.05. The van der Waals surface area contributed by atoms with Crippen molar-refractivity contribution in [1.29, 1.82) is 0 Å². The molecule has 31 heavy (non-hydrogen) atoms. The Balaban J connectivity index is 2.13. The van der Waals surface area contributed by atoms with Crippen LogP contribution in [0.15, 0.2) is 0 Å². The molecule has 0 aromatic heterocycles. The summed E-state index contributed by atoms with van der Waals surface area (Å²) in [6, 6.07) is -1.30. The first kappa shape index (κ1) is 24.8. The third-order valence-electron chi connectivity index (χ3n) is 4.80. The lowest BCUT2D eigenvalue weighted by molar-refractivity contribution is -0.200. The first-order valence-corrected chi connectivity index (χ1v) is 14.3. The average Bonchev–Trinajstić information content (AvgIpc) is 3.20. The standard InChI is InChI=1S/C20H33N3O7Si/c1-20(2,3)29-19(28)21-13(12-31(4,5)6)17(26)22-11-7-8-14(22)18(27)30-23-15(24)9-10-16(23)25/h13-14H,7-12H2,1-6H3,(H,21,28)/t13-,14+/m1/s1. The molecule has 0 aliphatic carbocycles. The number of carbonyl (C=O) groups excluding carboxylic acids is 5. The van der Waals surface area contributed by atoms with Crippen LogP contribution in [0.3, 0.4) is 0 Å². The van der Waals surface area contributed by atoms with Gasteiger partial charge in [0.15, 0.2) is 0 Å². The second-order valence-corrected chi connectivity index (χ2v) is 15.7. The van der Waals surface area contributed by atoms with Crippen molar-refractivity contribution in [3.63, 3.8) is 0 Å². The van der Waals surface area contributed by atoms with Crippen molar-refractivity contribution in [2.24, 2.45) is 0 Å². The van der Waals surface area contributed by atoms with E-state index in [1.165, 1.54) is 4.90 Å². The molecular weight excluding hydrogens is 422 g/mol. The Kier molecular flexibility index (Phi) is 7.51. The first-order chi connectivity index (χ1) is 14.2. The van der Waals surface area contributed by atoms with Gasteiger partial charge in [0, 0.05) is 27.5 Å².